The normalized spacial score (nSPS) is 19.6. The first-order valence-electron chi connectivity index (χ1n) is 5.77. The van der Waals surface area contributed by atoms with Gasteiger partial charge < -0.3 is 11.1 Å². The van der Waals surface area contributed by atoms with Crippen molar-refractivity contribution < 1.29 is 4.79 Å². The van der Waals surface area contributed by atoms with E-state index < -0.39 is 0 Å². The largest absolute Gasteiger partial charge is 0.354 e. The van der Waals surface area contributed by atoms with Gasteiger partial charge in [0.25, 0.3) is 0 Å². The van der Waals surface area contributed by atoms with Crippen LogP contribution in [0.5, 0.6) is 0 Å². The number of nitrogens with two attached hydrogens (primary N) is 1. The third kappa shape index (κ3) is 3.66. The molecule has 3 heteroatoms. The molecule has 0 heterocycles. The van der Waals surface area contributed by atoms with Crippen molar-refractivity contribution >= 4 is 5.91 Å². The smallest absolute Gasteiger partial charge is 0.236 e. The molecule has 0 bridgehead atoms. The fraction of sp³-hybridized carbons (Fsp3) is 0.909. The van der Waals surface area contributed by atoms with E-state index in [1.165, 1.54) is 25.7 Å². The predicted molar refractivity (Wildman–Crippen MR) is 57.9 cm³/mol. The minimum atomic E-state index is -0.304. The third-order valence-electron chi connectivity index (χ3n) is 2.98. The summed E-state index contributed by atoms with van der Waals surface area (Å²) in [6, 6.07) is -0.304. The van der Waals surface area contributed by atoms with E-state index in [9.17, 15) is 4.79 Å². The van der Waals surface area contributed by atoms with Crippen LogP contribution in [0.15, 0.2) is 0 Å². The van der Waals surface area contributed by atoms with E-state index in [0.29, 0.717) is 5.92 Å². The first-order chi connectivity index (χ1) is 6.74. The Labute approximate surface area is 86.4 Å². The molecule has 3 nitrogen and oxygen atoms in total. The minimum Gasteiger partial charge on any atom is -0.354 e. The minimum absolute atomic E-state index is 0.0266. The molecule has 1 fully saturated rings. The summed E-state index contributed by atoms with van der Waals surface area (Å²) in [6.07, 6.45) is 6.93. The molecule has 82 valence electrons. The molecule has 0 unspecified atom stereocenters. The van der Waals surface area contributed by atoms with Gasteiger partial charge in [0.15, 0.2) is 0 Å². The number of rotatable bonds is 5. The summed E-state index contributed by atoms with van der Waals surface area (Å²) in [5.74, 6) is 0.728. The van der Waals surface area contributed by atoms with Crippen molar-refractivity contribution in [2.24, 2.45) is 11.7 Å². The van der Waals surface area contributed by atoms with Crippen molar-refractivity contribution in [1.29, 1.82) is 0 Å². The monoisotopic (exact) mass is 198 g/mol. The number of hydrogen-bond acceptors (Lipinski definition) is 2. The molecule has 1 aliphatic carbocycles. The quantitative estimate of drug-likeness (QED) is 0.702. The van der Waals surface area contributed by atoms with Crippen molar-refractivity contribution in [1.82, 2.24) is 5.32 Å². The molecule has 1 rings (SSSR count). The van der Waals surface area contributed by atoms with Crippen molar-refractivity contribution in [3.8, 4) is 0 Å². The molecule has 14 heavy (non-hydrogen) atoms. The SMILES string of the molecule is CCC[C@H](N)C(=O)NCC1CCCC1. The standard InChI is InChI=1S/C11H22N2O/c1-2-5-10(12)11(14)13-8-9-6-3-4-7-9/h9-10H,2-8,12H2,1H3,(H,13,14)/t10-/m0/s1. The van der Waals surface area contributed by atoms with Crippen molar-refractivity contribution in [2.45, 2.75) is 51.5 Å². The van der Waals surface area contributed by atoms with E-state index in [1.807, 2.05) is 6.92 Å². The van der Waals surface area contributed by atoms with E-state index in [1.54, 1.807) is 0 Å². The van der Waals surface area contributed by atoms with E-state index >= 15 is 0 Å². The van der Waals surface area contributed by atoms with Gasteiger partial charge in [0, 0.05) is 6.54 Å². The van der Waals surface area contributed by atoms with E-state index in [0.717, 1.165) is 19.4 Å². The Bertz CT molecular complexity index is 176. The zero-order chi connectivity index (χ0) is 10.4. The maximum absolute atomic E-state index is 11.5. The van der Waals surface area contributed by atoms with Gasteiger partial charge in [-0.2, -0.15) is 0 Å². The van der Waals surface area contributed by atoms with Gasteiger partial charge >= 0.3 is 0 Å². The second-order valence-electron chi connectivity index (χ2n) is 4.29. The summed E-state index contributed by atoms with van der Waals surface area (Å²) in [4.78, 5) is 11.5. The van der Waals surface area contributed by atoms with Gasteiger partial charge in [0.1, 0.15) is 0 Å². The number of hydrogen-bond donors (Lipinski definition) is 2. The highest BCUT2D eigenvalue weighted by Crippen LogP contribution is 2.23. The topological polar surface area (TPSA) is 55.1 Å². The van der Waals surface area contributed by atoms with Gasteiger partial charge in [-0.25, -0.2) is 0 Å². The molecule has 0 radical (unpaired) electrons. The molecule has 1 saturated carbocycles. The van der Waals surface area contributed by atoms with Crippen LogP contribution in [0.2, 0.25) is 0 Å². The van der Waals surface area contributed by atoms with Crippen LogP contribution in [0, 0.1) is 5.92 Å². The maximum Gasteiger partial charge on any atom is 0.236 e. The first kappa shape index (κ1) is 11.5. The lowest BCUT2D eigenvalue weighted by Crippen LogP contribution is -2.42. The summed E-state index contributed by atoms with van der Waals surface area (Å²) in [5, 5.41) is 2.95. The molecule has 1 amide bonds. The lowest BCUT2D eigenvalue weighted by molar-refractivity contribution is -0.122. The Balaban J connectivity index is 2.13. The number of amides is 1. The Morgan fingerprint density at radius 2 is 2.14 bits per heavy atom. The molecule has 0 aromatic heterocycles. The van der Waals surface area contributed by atoms with Crippen LogP contribution >= 0.6 is 0 Å². The van der Waals surface area contributed by atoms with E-state index in [2.05, 4.69) is 5.32 Å². The lowest BCUT2D eigenvalue weighted by Gasteiger charge is -2.14. The second kappa shape index (κ2) is 6.02. The van der Waals surface area contributed by atoms with Crippen LogP contribution in [0.25, 0.3) is 0 Å². The Kier molecular flexibility index (Phi) is 4.94. The zero-order valence-electron chi connectivity index (χ0n) is 9.09. The number of nitrogens with one attached hydrogen (secondary N) is 1. The van der Waals surface area contributed by atoms with Crippen molar-refractivity contribution in [2.75, 3.05) is 6.54 Å². The third-order valence-corrected chi connectivity index (χ3v) is 2.98. The fourth-order valence-electron chi connectivity index (χ4n) is 2.03. The van der Waals surface area contributed by atoms with E-state index in [4.69, 9.17) is 5.73 Å². The molecule has 1 atom stereocenters. The van der Waals surface area contributed by atoms with Crippen molar-refractivity contribution in [3.63, 3.8) is 0 Å². The Morgan fingerprint density at radius 1 is 1.50 bits per heavy atom. The zero-order valence-corrected chi connectivity index (χ0v) is 9.09. The van der Waals surface area contributed by atoms with Gasteiger partial charge in [-0.1, -0.05) is 26.2 Å². The lowest BCUT2D eigenvalue weighted by atomic mass is 10.1. The highest BCUT2D eigenvalue weighted by molar-refractivity contribution is 5.81. The van der Waals surface area contributed by atoms with Crippen LogP contribution in [-0.2, 0) is 4.79 Å². The highest BCUT2D eigenvalue weighted by atomic mass is 16.2. The van der Waals surface area contributed by atoms with Gasteiger partial charge in [-0.15, -0.1) is 0 Å². The fourth-order valence-corrected chi connectivity index (χ4v) is 2.03. The molecular formula is C11H22N2O. The molecule has 0 aromatic carbocycles. The molecule has 0 spiro atoms. The average molecular weight is 198 g/mol. The number of carbonyl (C=O) groups excluding carboxylic acids is 1. The molecule has 0 aliphatic heterocycles. The molecule has 0 saturated heterocycles. The summed E-state index contributed by atoms with van der Waals surface area (Å²) < 4.78 is 0. The number of carbonyl (C=O) groups is 1. The van der Waals surface area contributed by atoms with E-state index in [-0.39, 0.29) is 11.9 Å². The van der Waals surface area contributed by atoms with Crippen LogP contribution in [0.3, 0.4) is 0 Å². The van der Waals surface area contributed by atoms with Gasteiger partial charge in [-0.3, -0.25) is 4.79 Å². The molecule has 0 aromatic rings. The van der Waals surface area contributed by atoms with Crippen LogP contribution in [0.1, 0.15) is 45.4 Å². The van der Waals surface area contributed by atoms with Crippen LogP contribution in [-0.4, -0.2) is 18.5 Å². The van der Waals surface area contributed by atoms with Crippen molar-refractivity contribution in [3.05, 3.63) is 0 Å². The highest BCUT2D eigenvalue weighted by Gasteiger charge is 2.17. The summed E-state index contributed by atoms with van der Waals surface area (Å²) in [7, 11) is 0. The Morgan fingerprint density at radius 3 is 2.71 bits per heavy atom. The molecular weight excluding hydrogens is 176 g/mol. The summed E-state index contributed by atoms with van der Waals surface area (Å²) in [5.41, 5.74) is 5.70. The maximum atomic E-state index is 11.5. The van der Waals surface area contributed by atoms with Gasteiger partial charge in [-0.05, 0) is 25.2 Å². The van der Waals surface area contributed by atoms with Crippen LogP contribution in [0.4, 0.5) is 0 Å². The molecule has 3 N–H and O–H groups in total. The van der Waals surface area contributed by atoms with Gasteiger partial charge in [0.2, 0.25) is 5.91 Å². The second-order valence-corrected chi connectivity index (χ2v) is 4.29. The predicted octanol–water partition coefficient (Wildman–Crippen LogP) is 1.42. The average Bonchev–Trinajstić information content (AvgIpc) is 2.67. The van der Waals surface area contributed by atoms with Crippen LogP contribution < -0.4 is 11.1 Å². The Hall–Kier alpha value is -0.570. The summed E-state index contributed by atoms with van der Waals surface area (Å²) >= 11 is 0. The summed E-state index contributed by atoms with van der Waals surface area (Å²) in [6.45, 7) is 2.88. The first-order valence-corrected chi connectivity index (χ1v) is 5.77. The van der Waals surface area contributed by atoms with Gasteiger partial charge in [0.05, 0.1) is 6.04 Å². The molecule has 1 aliphatic rings.